The summed E-state index contributed by atoms with van der Waals surface area (Å²) in [6.07, 6.45) is 7.61. The van der Waals surface area contributed by atoms with Gasteiger partial charge in [0.1, 0.15) is 5.02 Å². The maximum Gasteiger partial charge on any atom is 0.266 e. The molecule has 0 spiro atoms. The summed E-state index contributed by atoms with van der Waals surface area (Å²) >= 11 is 5.58. The highest BCUT2D eigenvalue weighted by molar-refractivity contribution is 7.89. The van der Waals surface area contributed by atoms with Gasteiger partial charge in [0, 0.05) is 6.20 Å². The molecule has 2 N–H and O–H groups in total. The molecule has 1 rings (SSSR count). The van der Waals surface area contributed by atoms with Gasteiger partial charge in [-0.25, -0.2) is 8.42 Å². The molecule has 1 heterocycles. The van der Waals surface area contributed by atoms with Gasteiger partial charge in [0.25, 0.3) is 5.56 Å². The summed E-state index contributed by atoms with van der Waals surface area (Å²) in [6, 6.07) is 0.508. The van der Waals surface area contributed by atoms with E-state index >= 15 is 0 Å². The van der Waals surface area contributed by atoms with Crippen LogP contribution in [0.15, 0.2) is 22.0 Å². The molecular weight excluding hydrogens is 276 g/mol. The standard InChI is InChI=1S/C11H13ClN2O3S/c1-3-5-8(4-2)14-18(16,17)9-6-10(12)11(15)13-7-9/h2,6-8,14H,3,5H2,1H3,(H,13,15). The van der Waals surface area contributed by atoms with Crippen molar-refractivity contribution in [2.24, 2.45) is 0 Å². The lowest BCUT2D eigenvalue weighted by molar-refractivity contribution is 0.564. The molecular formula is C11H13ClN2O3S. The zero-order valence-corrected chi connectivity index (χ0v) is 11.3. The Hall–Kier alpha value is -1.29. The number of halogens is 1. The number of aromatic nitrogens is 1. The third-order valence-corrected chi connectivity index (χ3v) is 3.95. The Morgan fingerprint density at radius 2 is 2.28 bits per heavy atom. The molecule has 1 aromatic rings. The summed E-state index contributed by atoms with van der Waals surface area (Å²) in [7, 11) is -3.78. The van der Waals surface area contributed by atoms with Crippen LogP contribution in [0, 0.1) is 12.3 Å². The van der Waals surface area contributed by atoms with Crippen LogP contribution in [0.3, 0.4) is 0 Å². The van der Waals surface area contributed by atoms with Crippen LogP contribution in [0.25, 0.3) is 0 Å². The van der Waals surface area contributed by atoms with Gasteiger partial charge in [-0.05, 0) is 12.5 Å². The molecule has 0 aliphatic carbocycles. The molecule has 0 amide bonds. The van der Waals surface area contributed by atoms with Crippen LogP contribution >= 0.6 is 11.6 Å². The highest BCUT2D eigenvalue weighted by Crippen LogP contribution is 2.11. The van der Waals surface area contributed by atoms with Crippen molar-refractivity contribution in [3.63, 3.8) is 0 Å². The van der Waals surface area contributed by atoms with Crippen molar-refractivity contribution in [1.29, 1.82) is 0 Å². The van der Waals surface area contributed by atoms with Crippen molar-refractivity contribution in [2.75, 3.05) is 0 Å². The van der Waals surface area contributed by atoms with Gasteiger partial charge in [-0.1, -0.05) is 30.9 Å². The van der Waals surface area contributed by atoms with Crippen LogP contribution in [-0.4, -0.2) is 19.4 Å². The van der Waals surface area contributed by atoms with Crippen molar-refractivity contribution >= 4 is 21.6 Å². The molecule has 5 nitrogen and oxygen atoms in total. The first-order valence-electron chi connectivity index (χ1n) is 5.27. The Kier molecular flexibility index (Phi) is 4.96. The third-order valence-electron chi connectivity index (χ3n) is 2.22. The summed E-state index contributed by atoms with van der Waals surface area (Å²) < 4.78 is 26.3. The first-order chi connectivity index (χ1) is 8.40. The number of sulfonamides is 1. The summed E-state index contributed by atoms with van der Waals surface area (Å²) in [5.74, 6) is 2.36. The second kappa shape index (κ2) is 6.05. The summed E-state index contributed by atoms with van der Waals surface area (Å²) in [5.41, 5.74) is -0.544. The molecule has 0 aliphatic heterocycles. The smallest absolute Gasteiger partial charge is 0.266 e. The topological polar surface area (TPSA) is 79.0 Å². The van der Waals surface area contributed by atoms with E-state index in [1.165, 1.54) is 0 Å². The molecule has 0 fully saturated rings. The van der Waals surface area contributed by atoms with Gasteiger partial charge in [-0.15, -0.1) is 6.42 Å². The Morgan fingerprint density at radius 1 is 1.61 bits per heavy atom. The Bertz CT molecular complexity index is 616. The van der Waals surface area contributed by atoms with E-state index in [9.17, 15) is 13.2 Å². The predicted octanol–water partition coefficient (Wildman–Crippen LogP) is 1.11. The lowest BCUT2D eigenvalue weighted by Gasteiger charge is -2.12. The van der Waals surface area contributed by atoms with Crippen molar-refractivity contribution in [1.82, 2.24) is 9.71 Å². The summed E-state index contributed by atoms with van der Waals surface area (Å²) in [4.78, 5) is 13.2. The molecule has 0 bridgehead atoms. The van der Waals surface area contributed by atoms with Crippen molar-refractivity contribution in [2.45, 2.75) is 30.7 Å². The monoisotopic (exact) mass is 288 g/mol. The quantitative estimate of drug-likeness (QED) is 0.797. The van der Waals surface area contributed by atoms with Crippen LogP contribution in [0.5, 0.6) is 0 Å². The molecule has 1 unspecified atom stereocenters. The van der Waals surface area contributed by atoms with E-state index in [1.54, 1.807) is 0 Å². The van der Waals surface area contributed by atoms with Gasteiger partial charge in [-0.2, -0.15) is 4.72 Å². The van der Waals surface area contributed by atoms with E-state index in [4.69, 9.17) is 18.0 Å². The zero-order chi connectivity index (χ0) is 13.8. The number of H-pyrrole nitrogens is 1. The molecule has 7 heteroatoms. The van der Waals surface area contributed by atoms with Crippen molar-refractivity contribution in [3.05, 3.63) is 27.6 Å². The fourth-order valence-corrected chi connectivity index (χ4v) is 2.73. The van der Waals surface area contributed by atoms with Crippen LogP contribution in [0.1, 0.15) is 19.8 Å². The van der Waals surface area contributed by atoms with Crippen LogP contribution < -0.4 is 10.3 Å². The average molecular weight is 289 g/mol. The first-order valence-corrected chi connectivity index (χ1v) is 7.13. The lowest BCUT2D eigenvalue weighted by Crippen LogP contribution is -2.34. The van der Waals surface area contributed by atoms with Gasteiger partial charge in [0.15, 0.2) is 0 Å². The number of terminal acetylenes is 1. The van der Waals surface area contributed by atoms with Gasteiger partial charge in [0.2, 0.25) is 10.0 Å². The molecule has 0 radical (unpaired) electrons. The SMILES string of the molecule is C#CC(CCC)NS(=O)(=O)c1c[nH]c(=O)c(Cl)c1. The summed E-state index contributed by atoms with van der Waals surface area (Å²) in [5, 5.41) is -0.189. The molecule has 1 atom stereocenters. The number of pyridine rings is 1. The van der Waals surface area contributed by atoms with Gasteiger partial charge < -0.3 is 4.98 Å². The molecule has 0 aliphatic rings. The van der Waals surface area contributed by atoms with E-state index in [1.807, 2.05) is 6.92 Å². The van der Waals surface area contributed by atoms with Gasteiger partial charge in [-0.3, -0.25) is 4.79 Å². The van der Waals surface area contributed by atoms with E-state index < -0.39 is 21.6 Å². The van der Waals surface area contributed by atoms with Crippen LogP contribution in [0.2, 0.25) is 5.02 Å². The Labute approximate surface area is 111 Å². The minimum Gasteiger partial charge on any atom is -0.326 e. The van der Waals surface area contributed by atoms with Crippen molar-refractivity contribution < 1.29 is 8.42 Å². The van der Waals surface area contributed by atoms with Crippen LogP contribution in [-0.2, 0) is 10.0 Å². The Morgan fingerprint density at radius 3 is 2.78 bits per heavy atom. The van der Waals surface area contributed by atoms with E-state index in [0.717, 1.165) is 18.7 Å². The third kappa shape index (κ3) is 3.60. The van der Waals surface area contributed by atoms with Crippen LogP contribution in [0.4, 0.5) is 0 Å². The molecule has 18 heavy (non-hydrogen) atoms. The highest BCUT2D eigenvalue weighted by Gasteiger charge is 2.19. The molecule has 1 aromatic heterocycles. The minimum atomic E-state index is -3.78. The average Bonchev–Trinajstić information content (AvgIpc) is 2.31. The number of rotatable bonds is 5. The van der Waals surface area contributed by atoms with E-state index in [2.05, 4.69) is 15.6 Å². The second-order valence-electron chi connectivity index (χ2n) is 3.64. The molecule has 0 saturated heterocycles. The first kappa shape index (κ1) is 14.8. The molecule has 0 saturated carbocycles. The fourth-order valence-electron chi connectivity index (χ4n) is 1.31. The molecule has 0 aromatic carbocycles. The summed E-state index contributed by atoms with van der Waals surface area (Å²) in [6.45, 7) is 1.90. The van der Waals surface area contributed by atoms with E-state index in [0.29, 0.717) is 6.42 Å². The normalized spacial score (nSPS) is 12.9. The largest absolute Gasteiger partial charge is 0.326 e. The predicted molar refractivity (Wildman–Crippen MR) is 69.9 cm³/mol. The number of hydrogen-bond acceptors (Lipinski definition) is 3. The minimum absolute atomic E-state index is 0.122. The molecule has 98 valence electrons. The highest BCUT2D eigenvalue weighted by atomic mass is 35.5. The maximum atomic E-state index is 12.0. The number of hydrogen-bond donors (Lipinski definition) is 2. The van der Waals surface area contributed by atoms with Gasteiger partial charge in [0.05, 0.1) is 10.9 Å². The lowest BCUT2D eigenvalue weighted by atomic mass is 10.2. The number of nitrogens with one attached hydrogen (secondary N) is 2. The maximum absolute atomic E-state index is 12.0. The Balaban J connectivity index is 3.03. The van der Waals surface area contributed by atoms with Crippen molar-refractivity contribution in [3.8, 4) is 12.3 Å². The second-order valence-corrected chi connectivity index (χ2v) is 5.76. The van der Waals surface area contributed by atoms with E-state index in [-0.39, 0.29) is 9.92 Å². The number of aromatic amines is 1. The zero-order valence-electron chi connectivity index (χ0n) is 9.73. The fraction of sp³-hybridized carbons (Fsp3) is 0.364. The van der Waals surface area contributed by atoms with Gasteiger partial charge >= 0.3 is 0 Å².